The van der Waals surface area contributed by atoms with E-state index in [-0.39, 0.29) is 12.0 Å². The van der Waals surface area contributed by atoms with Gasteiger partial charge < -0.3 is 14.4 Å². The molecule has 1 saturated carbocycles. The third-order valence-electron chi connectivity index (χ3n) is 5.15. The third-order valence-corrected chi connectivity index (χ3v) is 5.15. The first-order valence-electron chi connectivity index (χ1n) is 9.12. The van der Waals surface area contributed by atoms with Crippen LogP contribution < -0.4 is 0 Å². The lowest BCUT2D eigenvalue weighted by Gasteiger charge is -2.35. The van der Waals surface area contributed by atoms with Gasteiger partial charge in [-0.1, -0.05) is 32.1 Å². The van der Waals surface area contributed by atoms with Gasteiger partial charge in [0.15, 0.2) is 0 Å². The molecule has 1 unspecified atom stereocenters. The second-order valence-electron chi connectivity index (χ2n) is 6.91. The molecule has 2 heterocycles. The van der Waals surface area contributed by atoms with Gasteiger partial charge in [0, 0.05) is 19.3 Å². The standard InChI is InChI=1S/C19H26N2O4/c1-24-19(23)15-7-8-17(20-12-15)18(22)21-9-10-25-16(13-21)11-14-5-3-2-4-6-14/h7-8,12,14,16H,2-6,9-11,13H2,1H3. The zero-order valence-corrected chi connectivity index (χ0v) is 14.8. The van der Waals surface area contributed by atoms with Gasteiger partial charge in [0.2, 0.25) is 0 Å². The minimum atomic E-state index is -0.453. The smallest absolute Gasteiger partial charge is 0.339 e. The lowest BCUT2D eigenvalue weighted by molar-refractivity contribution is -0.0338. The summed E-state index contributed by atoms with van der Waals surface area (Å²) in [4.78, 5) is 30.1. The normalized spacial score (nSPS) is 21.8. The Bertz CT molecular complexity index is 596. The first kappa shape index (κ1) is 17.9. The number of methoxy groups -OCH3 is 1. The number of rotatable bonds is 4. The van der Waals surface area contributed by atoms with Crippen molar-refractivity contribution in [2.24, 2.45) is 5.92 Å². The Morgan fingerprint density at radius 3 is 2.76 bits per heavy atom. The quantitative estimate of drug-likeness (QED) is 0.784. The van der Waals surface area contributed by atoms with Crippen LogP contribution in [0.15, 0.2) is 18.3 Å². The number of ether oxygens (including phenoxy) is 2. The topological polar surface area (TPSA) is 68.7 Å². The van der Waals surface area contributed by atoms with E-state index < -0.39 is 5.97 Å². The number of aromatic nitrogens is 1. The highest BCUT2D eigenvalue weighted by molar-refractivity contribution is 5.94. The first-order valence-corrected chi connectivity index (χ1v) is 9.12. The fourth-order valence-corrected chi connectivity index (χ4v) is 3.76. The molecular weight excluding hydrogens is 320 g/mol. The SMILES string of the molecule is COC(=O)c1ccc(C(=O)N2CCOC(CC3CCCCC3)C2)nc1. The zero-order valence-electron chi connectivity index (χ0n) is 14.8. The second-order valence-corrected chi connectivity index (χ2v) is 6.91. The molecule has 1 saturated heterocycles. The van der Waals surface area contributed by atoms with Crippen molar-refractivity contribution in [2.75, 3.05) is 26.8 Å². The highest BCUT2D eigenvalue weighted by Crippen LogP contribution is 2.29. The van der Waals surface area contributed by atoms with Crippen molar-refractivity contribution >= 4 is 11.9 Å². The number of hydrogen-bond acceptors (Lipinski definition) is 5. The van der Waals surface area contributed by atoms with Gasteiger partial charge in [0.1, 0.15) is 5.69 Å². The van der Waals surface area contributed by atoms with Crippen LogP contribution in [-0.2, 0) is 9.47 Å². The molecule has 0 aromatic carbocycles. The molecule has 1 aromatic heterocycles. The van der Waals surface area contributed by atoms with Crippen molar-refractivity contribution in [3.63, 3.8) is 0 Å². The van der Waals surface area contributed by atoms with Crippen LogP contribution in [0.25, 0.3) is 0 Å². The van der Waals surface area contributed by atoms with E-state index in [0.29, 0.717) is 31.0 Å². The highest BCUT2D eigenvalue weighted by Gasteiger charge is 2.28. The number of amides is 1. The summed E-state index contributed by atoms with van der Waals surface area (Å²) in [5, 5.41) is 0. The first-order chi connectivity index (χ1) is 12.2. The van der Waals surface area contributed by atoms with E-state index >= 15 is 0 Å². The monoisotopic (exact) mass is 346 g/mol. The Labute approximate surface area is 148 Å². The highest BCUT2D eigenvalue weighted by atomic mass is 16.5. The fraction of sp³-hybridized carbons (Fsp3) is 0.632. The predicted molar refractivity (Wildman–Crippen MR) is 92.4 cm³/mol. The molecule has 6 heteroatoms. The van der Waals surface area contributed by atoms with E-state index in [1.807, 2.05) is 4.90 Å². The molecule has 1 aromatic rings. The molecule has 136 valence electrons. The van der Waals surface area contributed by atoms with Gasteiger partial charge in [-0.2, -0.15) is 0 Å². The fourth-order valence-electron chi connectivity index (χ4n) is 3.76. The molecule has 1 amide bonds. The van der Waals surface area contributed by atoms with Gasteiger partial charge in [0.05, 0.1) is 25.4 Å². The summed E-state index contributed by atoms with van der Waals surface area (Å²) in [5.41, 5.74) is 0.696. The molecule has 3 rings (SSSR count). The van der Waals surface area contributed by atoms with Crippen LogP contribution in [0.2, 0.25) is 0 Å². The van der Waals surface area contributed by atoms with Crippen molar-refractivity contribution in [3.05, 3.63) is 29.6 Å². The number of hydrogen-bond donors (Lipinski definition) is 0. The Kier molecular flexibility index (Phi) is 6.02. The van der Waals surface area contributed by atoms with Crippen LogP contribution in [-0.4, -0.2) is 54.7 Å². The molecular formula is C19H26N2O4. The summed E-state index contributed by atoms with van der Waals surface area (Å²) < 4.78 is 10.5. The van der Waals surface area contributed by atoms with E-state index in [2.05, 4.69) is 9.72 Å². The number of esters is 1. The summed E-state index contributed by atoms with van der Waals surface area (Å²) in [6.07, 6.45) is 9.09. The maximum atomic E-state index is 12.7. The van der Waals surface area contributed by atoms with Crippen LogP contribution >= 0.6 is 0 Å². The third kappa shape index (κ3) is 4.57. The van der Waals surface area contributed by atoms with Crippen LogP contribution in [0.1, 0.15) is 59.4 Å². The number of carbonyl (C=O) groups is 2. The van der Waals surface area contributed by atoms with Crippen molar-refractivity contribution in [1.29, 1.82) is 0 Å². The molecule has 0 spiro atoms. The van der Waals surface area contributed by atoms with Gasteiger partial charge >= 0.3 is 5.97 Å². The van der Waals surface area contributed by atoms with Crippen LogP contribution in [0, 0.1) is 5.92 Å². The van der Waals surface area contributed by atoms with E-state index in [9.17, 15) is 9.59 Å². The second kappa shape index (κ2) is 8.43. The summed E-state index contributed by atoms with van der Waals surface area (Å²) in [6, 6.07) is 3.16. The molecule has 1 atom stereocenters. The number of pyridine rings is 1. The summed E-state index contributed by atoms with van der Waals surface area (Å²) in [6.45, 7) is 1.78. The van der Waals surface area contributed by atoms with E-state index in [0.717, 1.165) is 12.3 Å². The zero-order chi connectivity index (χ0) is 17.6. The van der Waals surface area contributed by atoms with E-state index in [1.165, 1.54) is 45.4 Å². The van der Waals surface area contributed by atoms with E-state index in [1.54, 1.807) is 12.1 Å². The van der Waals surface area contributed by atoms with Crippen molar-refractivity contribution in [2.45, 2.75) is 44.6 Å². The molecule has 0 bridgehead atoms. The average molecular weight is 346 g/mol. The van der Waals surface area contributed by atoms with Gasteiger partial charge in [0.25, 0.3) is 5.91 Å². The Balaban J connectivity index is 1.58. The molecule has 2 aliphatic rings. The Morgan fingerprint density at radius 1 is 1.28 bits per heavy atom. The molecule has 6 nitrogen and oxygen atoms in total. The van der Waals surface area contributed by atoms with Crippen LogP contribution in [0.5, 0.6) is 0 Å². The minimum absolute atomic E-state index is 0.103. The van der Waals surface area contributed by atoms with Gasteiger partial charge in [-0.05, 0) is 24.5 Å². The minimum Gasteiger partial charge on any atom is -0.465 e. The summed E-state index contributed by atoms with van der Waals surface area (Å²) in [5.74, 6) is 0.171. The number of morpholine rings is 1. The van der Waals surface area contributed by atoms with Crippen molar-refractivity contribution < 1.29 is 19.1 Å². The van der Waals surface area contributed by atoms with Gasteiger partial charge in [-0.15, -0.1) is 0 Å². The van der Waals surface area contributed by atoms with Crippen molar-refractivity contribution in [1.82, 2.24) is 9.88 Å². The summed E-state index contributed by atoms with van der Waals surface area (Å²) in [7, 11) is 1.32. The van der Waals surface area contributed by atoms with Crippen LogP contribution in [0.3, 0.4) is 0 Å². The lowest BCUT2D eigenvalue weighted by Crippen LogP contribution is -2.46. The maximum absolute atomic E-state index is 12.7. The molecule has 0 radical (unpaired) electrons. The molecule has 1 aliphatic carbocycles. The Hall–Kier alpha value is -1.95. The molecule has 25 heavy (non-hydrogen) atoms. The van der Waals surface area contributed by atoms with E-state index in [4.69, 9.17) is 4.74 Å². The van der Waals surface area contributed by atoms with Gasteiger partial charge in [-0.3, -0.25) is 9.78 Å². The van der Waals surface area contributed by atoms with Crippen LogP contribution in [0.4, 0.5) is 0 Å². The Morgan fingerprint density at radius 2 is 2.08 bits per heavy atom. The number of carbonyl (C=O) groups excluding carboxylic acids is 2. The molecule has 2 fully saturated rings. The predicted octanol–water partition coefficient (Wildman–Crippen LogP) is 2.68. The average Bonchev–Trinajstić information content (AvgIpc) is 2.68. The lowest BCUT2D eigenvalue weighted by atomic mass is 9.85. The van der Waals surface area contributed by atoms with Gasteiger partial charge in [-0.25, -0.2) is 4.79 Å². The van der Waals surface area contributed by atoms with Crippen molar-refractivity contribution in [3.8, 4) is 0 Å². The number of nitrogens with zero attached hydrogens (tertiary/aromatic N) is 2. The largest absolute Gasteiger partial charge is 0.465 e. The molecule has 0 N–H and O–H groups in total. The summed E-state index contributed by atoms with van der Waals surface area (Å²) >= 11 is 0. The maximum Gasteiger partial charge on any atom is 0.339 e. The molecule has 1 aliphatic heterocycles.